The molecular weight excluding hydrogens is 238 g/mol. The monoisotopic (exact) mass is 253 g/mol. The summed E-state index contributed by atoms with van der Waals surface area (Å²) >= 11 is 5.98. The molecule has 0 aliphatic carbocycles. The van der Waals surface area contributed by atoms with Crippen molar-refractivity contribution in [1.29, 1.82) is 0 Å². The fourth-order valence-electron chi connectivity index (χ4n) is 2.13. The van der Waals surface area contributed by atoms with Gasteiger partial charge < -0.3 is 16.0 Å². The van der Waals surface area contributed by atoms with Gasteiger partial charge in [0.1, 0.15) is 0 Å². The average molecular weight is 254 g/mol. The minimum atomic E-state index is -0.414. The van der Waals surface area contributed by atoms with E-state index in [1.807, 2.05) is 0 Å². The number of hydrogen-bond donors (Lipinski definition) is 2. The van der Waals surface area contributed by atoms with E-state index < -0.39 is 5.91 Å². The lowest BCUT2D eigenvalue weighted by Gasteiger charge is -2.34. The van der Waals surface area contributed by atoms with Crippen LogP contribution in [0.15, 0.2) is 18.2 Å². The molecule has 4 nitrogen and oxygen atoms in total. The largest absolute Gasteiger partial charge is 0.368 e. The number of amides is 1. The number of carbonyl (C=O) groups excluding carboxylic acids is 1. The third-order valence-corrected chi connectivity index (χ3v) is 3.17. The SMILES string of the molecule is C[C@H]1CN(c2cc(Cl)ccc2C(N)=O)CCN1. The summed E-state index contributed by atoms with van der Waals surface area (Å²) in [6.07, 6.45) is 0. The van der Waals surface area contributed by atoms with Gasteiger partial charge in [-0.1, -0.05) is 11.6 Å². The van der Waals surface area contributed by atoms with E-state index in [0.717, 1.165) is 25.3 Å². The van der Waals surface area contributed by atoms with Crippen LogP contribution in [0.4, 0.5) is 5.69 Å². The zero-order chi connectivity index (χ0) is 12.4. The van der Waals surface area contributed by atoms with Crippen LogP contribution in [0, 0.1) is 0 Å². The van der Waals surface area contributed by atoms with Crippen LogP contribution in [0.2, 0.25) is 5.02 Å². The van der Waals surface area contributed by atoms with Gasteiger partial charge in [-0.15, -0.1) is 0 Å². The van der Waals surface area contributed by atoms with Gasteiger partial charge in [0, 0.05) is 30.7 Å². The lowest BCUT2D eigenvalue weighted by Crippen LogP contribution is -2.49. The molecule has 1 aromatic carbocycles. The Bertz CT molecular complexity index is 436. The second-order valence-electron chi connectivity index (χ2n) is 4.33. The number of hydrogen-bond acceptors (Lipinski definition) is 3. The first kappa shape index (κ1) is 12.2. The molecule has 92 valence electrons. The topological polar surface area (TPSA) is 58.4 Å². The number of primary amides is 1. The Morgan fingerprint density at radius 3 is 3.00 bits per heavy atom. The molecule has 17 heavy (non-hydrogen) atoms. The molecule has 5 heteroatoms. The molecule has 0 bridgehead atoms. The summed E-state index contributed by atoms with van der Waals surface area (Å²) in [5.41, 5.74) is 6.74. The molecule has 1 aromatic rings. The van der Waals surface area contributed by atoms with Crippen molar-refractivity contribution in [1.82, 2.24) is 5.32 Å². The highest BCUT2D eigenvalue weighted by Gasteiger charge is 2.20. The lowest BCUT2D eigenvalue weighted by molar-refractivity contribution is 0.100. The summed E-state index contributed by atoms with van der Waals surface area (Å²) in [4.78, 5) is 13.5. The molecule has 0 saturated carbocycles. The van der Waals surface area contributed by atoms with Crippen LogP contribution in [-0.4, -0.2) is 31.6 Å². The first-order chi connectivity index (χ1) is 8.08. The molecule has 1 aliphatic heterocycles. The van der Waals surface area contributed by atoms with E-state index in [2.05, 4.69) is 17.1 Å². The van der Waals surface area contributed by atoms with Gasteiger partial charge in [-0.2, -0.15) is 0 Å². The van der Waals surface area contributed by atoms with E-state index in [9.17, 15) is 4.79 Å². The number of nitrogens with zero attached hydrogens (tertiary/aromatic N) is 1. The minimum absolute atomic E-state index is 0.392. The maximum absolute atomic E-state index is 11.4. The molecule has 1 atom stereocenters. The zero-order valence-corrected chi connectivity index (χ0v) is 10.5. The minimum Gasteiger partial charge on any atom is -0.368 e. The number of piperazine rings is 1. The third-order valence-electron chi connectivity index (χ3n) is 2.93. The van der Waals surface area contributed by atoms with Crippen LogP contribution in [0.5, 0.6) is 0 Å². The Kier molecular flexibility index (Phi) is 3.54. The second-order valence-corrected chi connectivity index (χ2v) is 4.76. The number of carbonyl (C=O) groups is 1. The molecule has 0 aromatic heterocycles. The van der Waals surface area contributed by atoms with Crippen molar-refractivity contribution in [2.75, 3.05) is 24.5 Å². The van der Waals surface area contributed by atoms with E-state index in [1.54, 1.807) is 18.2 Å². The molecule has 1 aliphatic rings. The van der Waals surface area contributed by atoms with Crippen molar-refractivity contribution in [3.05, 3.63) is 28.8 Å². The number of nitrogens with two attached hydrogens (primary N) is 1. The molecule has 2 rings (SSSR count). The lowest BCUT2D eigenvalue weighted by atomic mass is 10.1. The Hall–Kier alpha value is -1.26. The van der Waals surface area contributed by atoms with Crippen molar-refractivity contribution in [2.45, 2.75) is 13.0 Å². The molecule has 1 saturated heterocycles. The highest BCUT2D eigenvalue weighted by Crippen LogP contribution is 2.25. The van der Waals surface area contributed by atoms with Crippen LogP contribution in [0.25, 0.3) is 0 Å². The Balaban J connectivity index is 2.35. The van der Waals surface area contributed by atoms with Crippen LogP contribution in [-0.2, 0) is 0 Å². The van der Waals surface area contributed by atoms with Crippen LogP contribution in [0.1, 0.15) is 17.3 Å². The first-order valence-corrected chi connectivity index (χ1v) is 6.03. The van der Waals surface area contributed by atoms with Gasteiger partial charge in [0.2, 0.25) is 0 Å². The van der Waals surface area contributed by atoms with E-state index in [0.29, 0.717) is 16.6 Å². The van der Waals surface area contributed by atoms with Gasteiger partial charge >= 0.3 is 0 Å². The van der Waals surface area contributed by atoms with Crippen molar-refractivity contribution >= 4 is 23.2 Å². The first-order valence-electron chi connectivity index (χ1n) is 5.65. The molecule has 1 amide bonds. The third kappa shape index (κ3) is 2.70. The van der Waals surface area contributed by atoms with Crippen LogP contribution < -0.4 is 16.0 Å². The number of anilines is 1. The summed E-state index contributed by atoms with van der Waals surface area (Å²) in [6, 6.07) is 5.58. The van der Waals surface area contributed by atoms with E-state index in [1.165, 1.54) is 0 Å². The standard InChI is InChI=1S/C12H16ClN3O/c1-8-7-16(5-4-15-8)11-6-9(13)2-3-10(11)12(14)17/h2-3,6,8,15H,4-5,7H2,1H3,(H2,14,17)/t8-/m0/s1. The smallest absolute Gasteiger partial charge is 0.250 e. The fraction of sp³-hybridized carbons (Fsp3) is 0.417. The number of rotatable bonds is 2. The van der Waals surface area contributed by atoms with Crippen molar-refractivity contribution in [2.24, 2.45) is 5.73 Å². The molecule has 1 fully saturated rings. The summed E-state index contributed by atoms with van der Waals surface area (Å²) in [7, 11) is 0. The molecular formula is C12H16ClN3O. The summed E-state index contributed by atoms with van der Waals surface area (Å²) in [6.45, 7) is 4.71. The summed E-state index contributed by atoms with van der Waals surface area (Å²) < 4.78 is 0. The molecule has 1 heterocycles. The number of halogens is 1. The van der Waals surface area contributed by atoms with E-state index >= 15 is 0 Å². The van der Waals surface area contributed by atoms with Crippen LogP contribution >= 0.6 is 11.6 Å². The molecule has 0 unspecified atom stereocenters. The Labute approximate surface area is 106 Å². The summed E-state index contributed by atoms with van der Waals surface area (Å²) in [5.74, 6) is -0.414. The fourth-order valence-corrected chi connectivity index (χ4v) is 2.29. The maximum atomic E-state index is 11.4. The predicted octanol–water partition coefficient (Wildman–Crippen LogP) is 1.24. The average Bonchev–Trinajstić information content (AvgIpc) is 2.28. The zero-order valence-electron chi connectivity index (χ0n) is 9.74. The van der Waals surface area contributed by atoms with Gasteiger partial charge in [-0.05, 0) is 25.1 Å². The molecule has 0 radical (unpaired) electrons. The van der Waals surface area contributed by atoms with E-state index in [-0.39, 0.29) is 0 Å². The Morgan fingerprint density at radius 1 is 1.59 bits per heavy atom. The predicted molar refractivity (Wildman–Crippen MR) is 69.6 cm³/mol. The Morgan fingerprint density at radius 2 is 2.35 bits per heavy atom. The molecule has 0 spiro atoms. The van der Waals surface area contributed by atoms with Gasteiger partial charge in [0.25, 0.3) is 5.91 Å². The van der Waals surface area contributed by atoms with Crippen molar-refractivity contribution in [3.63, 3.8) is 0 Å². The molecule has 3 N–H and O–H groups in total. The number of benzene rings is 1. The summed E-state index contributed by atoms with van der Waals surface area (Å²) in [5, 5.41) is 3.98. The second kappa shape index (κ2) is 4.94. The van der Waals surface area contributed by atoms with Gasteiger partial charge in [0.15, 0.2) is 0 Å². The quantitative estimate of drug-likeness (QED) is 0.834. The normalized spacial score (nSPS) is 20.4. The van der Waals surface area contributed by atoms with E-state index in [4.69, 9.17) is 17.3 Å². The highest BCUT2D eigenvalue weighted by molar-refractivity contribution is 6.31. The van der Waals surface area contributed by atoms with Gasteiger partial charge in [-0.3, -0.25) is 4.79 Å². The van der Waals surface area contributed by atoms with Crippen molar-refractivity contribution in [3.8, 4) is 0 Å². The highest BCUT2D eigenvalue weighted by atomic mass is 35.5. The van der Waals surface area contributed by atoms with Crippen molar-refractivity contribution < 1.29 is 4.79 Å². The van der Waals surface area contributed by atoms with Gasteiger partial charge in [-0.25, -0.2) is 0 Å². The maximum Gasteiger partial charge on any atom is 0.250 e. The number of nitrogens with one attached hydrogen (secondary N) is 1. The van der Waals surface area contributed by atoms with Gasteiger partial charge in [0.05, 0.1) is 11.3 Å². The van der Waals surface area contributed by atoms with Crippen LogP contribution in [0.3, 0.4) is 0 Å².